The van der Waals surface area contributed by atoms with Crippen molar-refractivity contribution in [3.8, 4) is 0 Å². The molecule has 5 nitrogen and oxygen atoms in total. The number of hydrogen-bond acceptors (Lipinski definition) is 4. The maximum atomic E-state index is 12.0. The first-order valence-corrected chi connectivity index (χ1v) is 7.73. The van der Waals surface area contributed by atoms with Gasteiger partial charge in [-0.05, 0) is 19.1 Å². The second kappa shape index (κ2) is 5.54. The summed E-state index contributed by atoms with van der Waals surface area (Å²) in [4.78, 5) is 23.5. The Bertz CT molecular complexity index is 567. The molecule has 1 fully saturated rings. The minimum atomic E-state index is -0.284. The highest BCUT2D eigenvalue weighted by molar-refractivity contribution is 8.00. The molecule has 0 spiro atoms. The SMILES string of the molecule is CSC1(CNCc2cn(C)c(=O)n(C)c2=O)CCC1. The fourth-order valence-electron chi connectivity index (χ4n) is 2.45. The third-order valence-corrected chi connectivity index (χ3v) is 5.40. The Kier molecular flexibility index (Phi) is 4.20. The van der Waals surface area contributed by atoms with Gasteiger partial charge in [-0.25, -0.2) is 4.79 Å². The summed E-state index contributed by atoms with van der Waals surface area (Å²) < 4.78 is 2.96. The van der Waals surface area contributed by atoms with E-state index in [0.29, 0.717) is 16.9 Å². The van der Waals surface area contributed by atoms with E-state index in [9.17, 15) is 9.59 Å². The van der Waals surface area contributed by atoms with Gasteiger partial charge in [0.15, 0.2) is 0 Å². The van der Waals surface area contributed by atoms with Gasteiger partial charge in [-0.15, -0.1) is 0 Å². The van der Waals surface area contributed by atoms with Crippen molar-refractivity contribution < 1.29 is 0 Å². The molecule has 0 atom stereocenters. The van der Waals surface area contributed by atoms with Crippen LogP contribution in [0, 0.1) is 0 Å². The predicted octanol–water partition coefficient (Wildman–Crippen LogP) is 0.459. The molecule has 1 aliphatic rings. The highest BCUT2D eigenvalue weighted by Crippen LogP contribution is 2.42. The topological polar surface area (TPSA) is 56.0 Å². The first-order chi connectivity index (χ1) is 8.99. The first kappa shape index (κ1) is 14.4. The Morgan fingerprint density at radius 3 is 2.58 bits per heavy atom. The van der Waals surface area contributed by atoms with Gasteiger partial charge in [0.05, 0.1) is 0 Å². The molecule has 0 unspecified atom stereocenters. The van der Waals surface area contributed by atoms with Crippen LogP contribution in [0.4, 0.5) is 0 Å². The van der Waals surface area contributed by atoms with Gasteiger partial charge in [0, 0.05) is 43.7 Å². The molecule has 1 saturated carbocycles. The molecule has 0 amide bonds. The molecule has 0 saturated heterocycles. The van der Waals surface area contributed by atoms with Gasteiger partial charge in [0.2, 0.25) is 0 Å². The average Bonchev–Trinajstić information content (AvgIpc) is 2.36. The fraction of sp³-hybridized carbons (Fsp3) is 0.692. The van der Waals surface area contributed by atoms with E-state index >= 15 is 0 Å². The summed E-state index contributed by atoms with van der Waals surface area (Å²) >= 11 is 1.91. The van der Waals surface area contributed by atoms with Crippen LogP contribution in [-0.4, -0.2) is 26.7 Å². The largest absolute Gasteiger partial charge is 0.330 e. The summed E-state index contributed by atoms with van der Waals surface area (Å²) in [6.45, 7) is 1.43. The van der Waals surface area contributed by atoms with E-state index < -0.39 is 0 Å². The van der Waals surface area contributed by atoms with Crippen molar-refractivity contribution in [1.82, 2.24) is 14.5 Å². The Morgan fingerprint density at radius 2 is 2.05 bits per heavy atom. The predicted molar refractivity (Wildman–Crippen MR) is 78.7 cm³/mol. The van der Waals surface area contributed by atoms with E-state index in [1.54, 1.807) is 13.2 Å². The molecule has 1 heterocycles. The number of hydrogen-bond donors (Lipinski definition) is 1. The van der Waals surface area contributed by atoms with Crippen LogP contribution in [0.2, 0.25) is 0 Å². The molecular formula is C13H21N3O2S. The molecule has 1 aliphatic carbocycles. The van der Waals surface area contributed by atoms with Crippen molar-refractivity contribution in [3.05, 3.63) is 32.6 Å². The van der Waals surface area contributed by atoms with E-state index in [1.807, 2.05) is 11.8 Å². The average molecular weight is 283 g/mol. The van der Waals surface area contributed by atoms with Crippen LogP contribution in [0.25, 0.3) is 0 Å². The second-order valence-electron chi connectivity index (χ2n) is 5.26. The van der Waals surface area contributed by atoms with Crippen LogP contribution in [0.1, 0.15) is 24.8 Å². The zero-order chi connectivity index (χ0) is 14.0. The van der Waals surface area contributed by atoms with Crippen molar-refractivity contribution in [2.75, 3.05) is 12.8 Å². The van der Waals surface area contributed by atoms with Crippen molar-refractivity contribution in [2.24, 2.45) is 14.1 Å². The van der Waals surface area contributed by atoms with E-state index in [2.05, 4.69) is 11.6 Å². The Balaban J connectivity index is 2.04. The lowest BCUT2D eigenvalue weighted by molar-refractivity contribution is 0.345. The lowest BCUT2D eigenvalue weighted by atomic mass is 9.84. The molecule has 6 heteroatoms. The van der Waals surface area contributed by atoms with Crippen molar-refractivity contribution in [3.63, 3.8) is 0 Å². The highest BCUT2D eigenvalue weighted by atomic mass is 32.2. The smallest absolute Gasteiger partial charge is 0.311 e. The third-order valence-electron chi connectivity index (χ3n) is 3.98. The Morgan fingerprint density at radius 1 is 1.37 bits per heavy atom. The number of aryl methyl sites for hydroxylation is 1. The van der Waals surface area contributed by atoms with Crippen LogP contribution in [0.3, 0.4) is 0 Å². The van der Waals surface area contributed by atoms with Crippen molar-refractivity contribution >= 4 is 11.8 Å². The third kappa shape index (κ3) is 2.79. The number of thioether (sulfide) groups is 1. The van der Waals surface area contributed by atoms with Crippen LogP contribution in [0.15, 0.2) is 15.8 Å². The molecule has 1 aromatic heterocycles. The minimum absolute atomic E-state index is 0.206. The van der Waals surface area contributed by atoms with Crippen LogP contribution in [-0.2, 0) is 20.6 Å². The van der Waals surface area contributed by atoms with Crippen LogP contribution in [0.5, 0.6) is 0 Å². The van der Waals surface area contributed by atoms with Gasteiger partial charge < -0.3 is 9.88 Å². The molecule has 0 aromatic carbocycles. The number of rotatable bonds is 5. The van der Waals surface area contributed by atoms with Crippen LogP contribution >= 0.6 is 11.8 Å². The van der Waals surface area contributed by atoms with Gasteiger partial charge in [0.1, 0.15) is 0 Å². The zero-order valence-corrected chi connectivity index (χ0v) is 12.5. The molecule has 0 bridgehead atoms. The lowest BCUT2D eigenvalue weighted by Gasteiger charge is -2.40. The van der Waals surface area contributed by atoms with E-state index in [0.717, 1.165) is 11.1 Å². The number of aromatic nitrogens is 2. The summed E-state index contributed by atoms with van der Waals surface area (Å²) in [6.07, 6.45) is 7.55. The molecule has 106 valence electrons. The summed E-state index contributed by atoms with van der Waals surface area (Å²) in [7, 11) is 3.18. The van der Waals surface area contributed by atoms with Gasteiger partial charge in [-0.3, -0.25) is 9.36 Å². The lowest BCUT2D eigenvalue weighted by Crippen LogP contribution is -2.44. The first-order valence-electron chi connectivity index (χ1n) is 6.50. The Hall–Kier alpha value is -1.01. The maximum absolute atomic E-state index is 12.0. The van der Waals surface area contributed by atoms with Crippen LogP contribution < -0.4 is 16.6 Å². The molecule has 1 N–H and O–H groups in total. The standard InChI is InChI=1S/C13H21N3O2S/c1-15-8-10(11(17)16(2)12(15)18)7-14-9-13(19-3)5-4-6-13/h8,14H,4-7,9H2,1-3H3. The highest BCUT2D eigenvalue weighted by Gasteiger charge is 2.35. The fourth-order valence-corrected chi connectivity index (χ4v) is 3.40. The van der Waals surface area contributed by atoms with Gasteiger partial charge in [-0.2, -0.15) is 11.8 Å². The van der Waals surface area contributed by atoms with Crippen molar-refractivity contribution in [1.29, 1.82) is 0 Å². The van der Waals surface area contributed by atoms with Gasteiger partial charge in [0.25, 0.3) is 5.56 Å². The summed E-state index contributed by atoms with van der Waals surface area (Å²) in [5.74, 6) is 0. The van der Waals surface area contributed by atoms with E-state index in [1.165, 1.54) is 30.9 Å². The summed E-state index contributed by atoms with van der Waals surface area (Å²) in [5.41, 5.74) is 0.149. The zero-order valence-electron chi connectivity index (χ0n) is 11.7. The number of nitrogens with one attached hydrogen (secondary N) is 1. The van der Waals surface area contributed by atoms with E-state index in [4.69, 9.17) is 0 Å². The molecule has 0 aliphatic heterocycles. The monoisotopic (exact) mass is 283 g/mol. The minimum Gasteiger partial charge on any atom is -0.311 e. The Labute approximate surface area is 117 Å². The molecule has 2 rings (SSSR count). The maximum Gasteiger partial charge on any atom is 0.330 e. The second-order valence-corrected chi connectivity index (χ2v) is 6.53. The van der Waals surface area contributed by atoms with Gasteiger partial charge in [-0.1, -0.05) is 6.42 Å². The summed E-state index contributed by atoms with van der Waals surface area (Å²) in [5, 5.41) is 3.36. The molecule has 1 aromatic rings. The molecule has 0 radical (unpaired) electrons. The van der Waals surface area contributed by atoms with E-state index in [-0.39, 0.29) is 11.2 Å². The molecule has 19 heavy (non-hydrogen) atoms. The summed E-state index contributed by atoms with van der Waals surface area (Å²) in [6, 6.07) is 0. The van der Waals surface area contributed by atoms with Gasteiger partial charge >= 0.3 is 5.69 Å². The number of nitrogens with zero attached hydrogens (tertiary/aromatic N) is 2. The normalized spacial score (nSPS) is 17.2. The quantitative estimate of drug-likeness (QED) is 0.853. The van der Waals surface area contributed by atoms with Crippen molar-refractivity contribution in [2.45, 2.75) is 30.6 Å². The molecular weight excluding hydrogens is 262 g/mol.